The Labute approximate surface area is 151 Å². The van der Waals surface area contributed by atoms with Crippen LogP contribution >= 0.6 is 0 Å². The Morgan fingerprint density at radius 2 is 1.92 bits per heavy atom. The van der Waals surface area contributed by atoms with Crippen LogP contribution in [0.5, 0.6) is 0 Å². The third-order valence-corrected chi connectivity index (χ3v) is 4.36. The molecule has 0 saturated heterocycles. The zero-order valence-electron chi connectivity index (χ0n) is 14.7. The van der Waals surface area contributed by atoms with Crippen LogP contribution in [0.2, 0.25) is 0 Å². The minimum Gasteiger partial charge on any atom is -0.383 e. The molecular formula is C21H19N5. The van der Waals surface area contributed by atoms with Gasteiger partial charge in [-0.3, -0.25) is 4.98 Å². The number of hydrogen-bond donors (Lipinski definition) is 1. The fourth-order valence-electron chi connectivity index (χ4n) is 2.99. The highest BCUT2D eigenvalue weighted by Gasteiger charge is 2.08. The SMILES string of the molecule is Cc1ccc(/N=C(\N)c2ccc(-n3ccc4cccnc43)cc2C)cn1. The van der Waals surface area contributed by atoms with E-state index < -0.39 is 0 Å². The summed E-state index contributed by atoms with van der Waals surface area (Å²) in [4.78, 5) is 13.2. The van der Waals surface area contributed by atoms with E-state index >= 15 is 0 Å². The zero-order valence-corrected chi connectivity index (χ0v) is 14.7. The first-order valence-corrected chi connectivity index (χ1v) is 8.42. The summed E-state index contributed by atoms with van der Waals surface area (Å²) in [6.07, 6.45) is 5.56. The third-order valence-electron chi connectivity index (χ3n) is 4.36. The lowest BCUT2D eigenvalue weighted by Gasteiger charge is -2.10. The number of rotatable bonds is 3. The minimum absolute atomic E-state index is 0.482. The van der Waals surface area contributed by atoms with E-state index in [1.807, 2.05) is 50.4 Å². The number of pyridine rings is 2. The van der Waals surface area contributed by atoms with Crippen molar-refractivity contribution in [2.45, 2.75) is 13.8 Å². The van der Waals surface area contributed by atoms with Gasteiger partial charge in [-0.2, -0.15) is 0 Å². The van der Waals surface area contributed by atoms with Crippen LogP contribution in [0.15, 0.2) is 72.1 Å². The van der Waals surface area contributed by atoms with E-state index in [1.165, 1.54) is 0 Å². The lowest BCUT2D eigenvalue weighted by molar-refractivity contribution is 1.09. The van der Waals surface area contributed by atoms with Crippen molar-refractivity contribution in [2.24, 2.45) is 10.7 Å². The smallest absolute Gasteiger partial charge is 0.144 e. The zero-order chi connectivity index (χ0) is 18.1. The lowest BCUT2D eigenvalue weighted by Crippen LogP contribution is -2.14. The maximum absolute atomic E-state index is 6.23. The molecule has 0 aliphatic carbocycles. The molecule has 0 fully saturated rings. The summed E-state index contributed by atoms with van der Waals surface area (Å²) < 4.78 is 2.07. The largest absolute Gasteiger partial charge is 0.383 e. The van der Waals surface area contributed by atoms with Gasteiger partial charge in [-0.15, -0.1) is 0 Å². The molecular weight excluding hydrogens is 322 g/mol. The Bertz CT molecular complexity index is 1110. The van der Waals surface area contributed by atoms with E-state index in [-0.39, 0.29) is 0 Å². The number of hydrogen-bond acceptors (Lipinski definition) is 3. The summed E-state index contributed by atoms with van der Waals surface area (Å²) in [6, 6.07) is 16.0. The van der Waals surface area contributed by atoms with Crippen molar-refractivity contribution in [3.63, 3.8) is 0 Å². The fourth-order valence-corrected chi connectivity index (χ4v) is 2.99. The van der Waals surface area contributed by atoms with Crippen LogP contribution in [0.1, 0.15) is 16.8 Å². The molecule has 0 radical (unpaired) electrons. The van der Waals surface area contributed by atoms with Gasteiger partial charge in [0.1, 0.15) is 11.5 Å². The maximum atomic E-state index is 6.23. The number of nitrogens with two attached hydrogens (primary N) is 1. The van der Waals surface area contributed by atoms with Gasteiger partial charge in [-0.05, 0) is 67.9 Å². The van der Waals surface area contributed by atoms with Crippen molar-refractivity contribution < 1.29 is 0 Å². The summed E-state index contributed by atoms with van der Waals surface area (Å²) in [5, 5.41) is 1.11. The molecule has 0 amide bonds. The first-order chi connectivity index (χ1) is 12.6. The molecule has 26 heavy (non-hydrogen) atoms. The lowest BCUT2D eigenvalue weighted by atomic mass is 10.1. The summed E-state index contributed by atoms with van der Waals surface area (Å²) >= 11 is 0. The second kappa shape index (κ2) is 6.44. The van der Waals surface area contributed by atoms with Gasteiger partial charge in [0.15, 0.2) is 0 Å². The third kappa shape index (κ3) is 2.95. The molecule has 4 aromatic rings. The van der Waals surface area contributed by atoms with E-state index in [9.17, 15) is 0 Å². The number of aliphatic imine (C=N–C) groups is 1. The van der Waals surface area contributed by atoms with Gasteiger partial charge in [0, 0.05) is 34.7 Å². The Morgan fingerprint density at radius 1 is 1.04 bits per heavy atom. The van der Waals surface area contributed by atoms with Crippen LogP contribution in [0.25, 0.3) is 16.7 Å². The van der Waals surface area contributed by atoms with E-state index in [1.54, 1.807) is 12.4 Å². The molecule has 5 heteroatoms. The van der Waals surface area contributed by atoms with Crippen molar-refractivity contribution in [2.75, 3.05) is 0 Å². The second-order valence-electron chi connectivity index (χ2n) is 6.26. The van der Waals surface area contributed by atoms with Gasteiger partial charge in [-0.1, -0.05) is 0 Å². The van der Waals surface area contributed by atoms with Crippen LogP contribution < -0.4 is 5.73 Å². The van der Waals surface area contributed by atoms with Gasteiger partial charge < -0.3 is 10.3 Å². The summed E-state index contributed by atoms with van der Waals surface area (Å²) in [6.45, 7) is 3.98. The predicted octanol–water partition coefficient (Wildman–Crippen LogP) is 4.07. The Morgan fingerprint density at radius 3 is 2.69 bits per heavy atom. The van der Waals surface area contributed by atoms with E-state index in [2.05, 4.69) is 37.7 Å². The predicted molar refractivity (Wildman–Crippen MR) is 105 cm³/mol. The van der Waals surface area contributed by atoms with Crippen molar-refractivity contribution in [3.05, 3.63) is 83.9 Å². The van der Waals surface area contributed by atoms with Gasteiger partial charge in [-0.25, -0.2) is 9.98 Å². The fraction of sp³-hybridized carbons (Fsp3) is 0.0952. The van der Waals surface area contributed by atoms with Crippen molar-refractivity contribution in [3.8, 4) is 5.69 Å². The molecule has 128 valence electrons. The molecule has 2 N–H and O–H groups in total. The summed E-state index contributed by atoms with van der Waals surface area (Å²) in [5.74, 6) is 0.482. The van der Waals surface area contributed by atoms with Crippen molar-refractivity contribution in [1.29, 1.82) is 0 Å². The average molecular weight is 341 g/mol. The monoisotopic (exact) mass is 341 g/mol. The molecule has 0 atom stereocenters. The first kappa shape index (κ1) is 16.0. The number of fused-ring (bicyclic) bond motifs is 1. The molecule has 0 unspecified atom stereocenters. The second-order valence-corrected chi connectivity index (χ2v) is 6.26. The van der Waals surface area contributed by atoms with Gasteiger partial charge >= 0.3 is 0 Å². The maximum Gasteiger partial charge on any atom is 0.144 e. The molecule has 5 nitrogen and oxygen atoms in total. The standard InChI is InChI=1S/C21H19N5/c1-14-12-18(26-11-9-16-4-3-10-23-21(16)26)7-8-19(14)20(22)25-17-6-5-15(2)24-13-17/h3-13H,1-2H3,(H2,22,25). The van der Waals surface area contributed by atoms with E-state index in [0.717, 1.165) is 39.2 Å². The van der Waals surface area contributed by atoms with Crippen LogP contribution in [0, 0.1) is 13.8 Å². The van der Waals surface area contributed by atoms with E-state index in [0.29, 0.717) is 5.84 Å². The molecule has 0 aliphatic heterocycles. The quantitative estimate of drug-likeness (QED) is 0.451. The number of benzene rings is 1. The number of aryl methyl sites for hydroxylation is 2. The van der Waals surface area contributed by atoms with Crippen molar-refractivity contribution in [1.82, 2.24) is 14.5 Å². The minimum atomic E-state index is 0.482. The number of nitrogens with zero attached hydrogens (tertiary/aromatic N) is 4. The normalized spacial score (nSPS) is 11.8. The molecule has 0 bridgehead atoms. The first-order valence-electron chi connectivity index (χ1n) is 8.42. The van der Waals surface area contributed by atoms with Crippen LogP contribution in [0.4, 0.5) is 5.69 Å². The highest BCUT2D eigenvalue weighted by molar-refractivity contribution is 6.00. The van der Waals surface area contributed by atoms with Crippen molar-refractivity contribution >= 4 is 22.6 Å². The molecule has 1 aromatic carbocycles. The molecule has 3 aromatic heterocycles. The van der Waals surface area contributed by atoms with Crippen LogP contribution in [-0.2, 0) is 0 Å². The Hall–Kier alpha value is -3.47. The van der Waals surface area contributed by atoms with Crippen LogP contribution in [-0.4, -0.2) is 20.4 Å². The molecule has 0 aliphatic rings. The summed E-state index contributed by atoms with van der Waals surface area (Å²) in [5.41, 5.74) is 11.9. The van der Waals surface area contributed by atoms with E-state index in [4.69, 9.17) is 5.73 Å². The van der Waals surface area contributed by atoms with Crippen LogP contribution in [0.3, 0.4) is 0 Å². The Kier molecular flexibility index (Phi) is 3.97. The highest BCUT2D eigenvalue weighted by Crippen LogP contribution is 2.21. The summed E-state index contributed by atoms with van der Waals surface area (Å²) in [7, 11) is 0. The van der Waals surface area contributed by atoms with Gasteiger partial charge in [0.25, 0.3) is 0 Å². The molecule has 0 saturated carbocycles. The molecule has 3 heterocycles. The van der Waals surface area contributed by atoms with Gasteiger partial charge in [0.05, 0.1) is 11.9 Å². The molecule has 4 rings (SSSR count). The highest BCUT2D eigenvalue weighted by atomic mass is 15.0. The number of aromatic nitrogens is 3. The number of amidine groups is 1. The average Bonchev–Trinajstić information content (AvgIpc) is 3.07. The van der Waals surface area contributed by atoms with Gasteiger partial charge in [0.2, 0.25) is 0 Å². The molecule has 0 spiro atoms. The Balaban J connectivity index is 1.71. The topological polar surface area (TPSA) is 69.1 Å².